The standard InChI is InChI=1S/C47H31N3.C43H29N3/c1-2-9-32(10-3-1)33-16-22-36(23-17-33)45-30-46(37-24-18-34(19-25-37)40-12-8-28-48-31-40)50-47(49-45)38-26-20-35(21-27-38)44-29-39-11-4-5-13-41(39)42-14-6-7-15-43(42)44;1-2-8-30(9-3-1)32-15-20-34(21-16-32)41-28-42(39-13-6-12-37(27-39)40-14-7-25-44-29-40)46-43(45-41)35-22-17-33(18-23-35)38-24-19-31-10-4-5-11-36(31)26-38/h1-31H;1-29H. The number of nitrogens with zero attached hydrogens (tertiary/aromatic N) is 6. The van der Waals surface area contributed by atoms with Crippen LogP contribution in [0.15, 0.2) is 365 Å². The lowest BCUT2D eigenvalue weighted by atomic mass is 9.93. The summed E-state index contributed by atoms with van der Waals surface area (Å²) >= 11 is 0. The third-order valence-corrected chi connectivity index (χ3v) is 17.8. The molecule has 0 unspecified atom stereocenters. The highest BCUT2D eigenvalue weighted by Gasteiger charge is 2.16. The molecule has 0 N–H and O–H groups in total. The average Bonchev–Trinajstić information content (AvgIpc) is 0.785. The highest BCUT2D eigenvalue weighted by molar-refractivity contribution is 6.13. The number of benzene rings is 13. The quantitative estimate of drug-likeness (QED) is 0.113. The van der Waals surface area contributed by atoms with Crippen molar-refractivity contribution in [3.63, 3.8) is 0 Å². The number of hydrogen-bond acceptors (Lipinski definition) is 6. The van der Waals surface area contributed by atoms with E-state index in [4.69, 9.17) is 19.9 Å². The molecule has 0 radical (unpaired) electrons. The lowest BCUT2D eigenvalue weighted by molar-refractivity contribution is 1.18. The molecule has 4 heterocycles. The first-order valence-electron chi connectivity index (χ1n) is 32.3. The zero-order chi connectivity index (χ0) is 64.0. The fraction of sp³-hybridized carbons (Fsp3) is 0. The van der Waals surface area contributed by atoms with Gasteiger partial charge in [0.25, 0.3) is 0 Å². The maximum atomic E-state index is 5.14. The van der Waals surface area contributed by atoms with Crippen molar-refractivity contribution in [2.24, 2.45) is 0 Å². The van der Waals surface area contributed by atoms with Crippen LogP contribution in [0.5, 0.6) is 0 Å². The monoisotopic (exact) mass is 1220 g/mol. The summed E-state index contributed by atoms with van der Waals surface area (Å²) in [5, 5.41) is 7.48. The van der Waals surface area contributed by atoms with Gasteiger partial charge in [0.15, 0.2) is 11.6 Å². The van der Waals surface area contributed by atoms with E-state index in [0.29, 0.717) is 11.6 Å². The molecule has 0 spiro atoms. The Hall–Kier alpha value is -12.9. The summed E-state index contributed by atoms with van der Waals surface area (Å²) in [4.78, 5) is 29.1. The minimum absolute atomic E-state index is 0.691. The van der Waals surface area contributed by atoms with Gasteiger partial charge in [0.05, 0.1) is 22.8 Å². The summed E-state index contributed by atoms with van der Waals surface area (Å²) in [5.41, 5.74) is 23.4. The van der Waals surface area contributed by atoms with Gasteiger partial charge < -0.3 is 0 Å². The Balaban J connectivity index is 0.000000152. The molecule has 96 heavy (non-hydrogen) atoms. The van der Waals surface area contributed by atoms with Crippen molar-refractivity contribution in [3.8, 4) is 135 Å². The fourth-order valence-electron chi connectivity index (χ4n) is 12.7. The summed E-state index contributed by atoms with van der Waals surface area (Å²) in [6.45, 7) is 0. The Morgan fingerprint density at radius 3 is 1.03 bits per heavy atom. The van der Waals surface area contributed by atoms with Crippen molar-refractivity contribution in [2.75, 3.05) is 0 Å². The molecule has 17 rings (SSSR count). The summed E-state index contributed by atoms with van der Waals surface area (Å²) in [6.07, 6.45) is 7.37. The largest absolute Gasteiger partial charge is 0.264 e. The molecule has 4 aromatic heterocycles. The Labute approximate surface area is 558 Å². The molecule has 450 valence electrons. The third-order valence-electron chi connectivity index (χ3n) is 17.8. The van der Waals surface area contributed by atoms with Gasteiger partial charge in [0.1, 0.15) is 0 Å². The lowest BCUT2D eigenvalue weighted by Crippen LogP contribution is -1.96. The zero-order valence-electron chi connectivity index (χ0n) is 52.3. The van der Waals surface area contributed by atoms with Crippen LogP contribution in [-0.2, 0) is 0 Å². The van der Waals surface area contributed by atoms with Gasteiger partial charge in [0.2, 0.25) is 0 Å². The van der Waals surface area contributed by atoms with E-state index < -0.39 is 0 Å². The van der Waals surface area contributed by atoms with Gasteiger partial charge in [-0.15, -0.1) is 0 Å². The van der Waals surface area contributed by atoms with E-state index in [1.165, 1.54) is 65.7 Å². The van der Waals surface area contributed by atoms with E-state index in [9.17, 15) is 0 Å². The second-order valence-electron chi connectivity index (χ2n) is 23.9. The van der Waals surface area contributed by atoms with Crippen LogP contribution in [0.2, 0.25) is 0 Å². The van der Waals surface area contributed by atoms with Gasteiger partial charge >= 0.3 is 0 Å². The minimum Gasteiger partial charge on any atom is -0.264 e. The lowest BCUT2D eigenvalue weighted by Gasteiger charge is -2.13. The van der Waals surface area contributed by atoms with Crippen molar-refractivity contribution < 1.29 is 0 Å². The number of rotatable bonds is 12. The smallest absolute Gasteiger partial charge is 0.160 e. The zero-order valence-corrected chi connectivity index (χ0v) is 52.3. The van der Waals surface area contributed by atoms with Crippen LogP contribution >= 0.6 is 0 Å². The molecular weight excluding hydrogens is 1170 g/mol. The molecule has 6 nitrogen and oxygen atoms in total. The molecule has 0 saturated carbocycles. The number of fused-ring (bicyclic) bond motifs is 4. The second kappa shape index (κ2) is 26.4. The van der Waals surface area contributed by atoms with Crippen LogP contribution in [0.1, 0.15) is 0 Å². The van der Waals surface area contributed by atoms with Crippen molar-refractivity contribution in [2.45, 2.75) is 0 Å². The summed E-state index contributed by atoms with van der Waals surface area (Å²) in [5.74, 6) is 1.38. The Kier molecular flexibility index (Phi) is 16.0. The minimum atomic E-state index is 0.691. The van der Waals surface area contributed by atoms with Gasteiger partial charge in [-0.2, -0.15) is 0 Å². The SMILES string of the molecule is c1ccc(-c2ccc(-c3cc(-c4ccc(-c5cccnc5)cc4)nc(-c4ccc(-c5cc6ccccc6c6ccccc56)cc4)n3)cc2)cc1.c1ccc(-c2ccc(-c3cc(-c4cccc(-c5cccnc5)c4)nc(-c4ccc(-c5ccc6ccccc6c5)cc4)n3)cc2)cc1. The van der Waals surface area contributed by atoms with Gasteiger partial charge in [-0.25, -0.2) is 19.9 Å². The highest BCUT2D eigenvalue weighted by Crippen LogP contribution is 2.38. The molecule has 17 aromatic rings. The molecule has 0 saturated heterocycles. The highest BCUT2D eigenvalue weighted by atomic mass is 14.9. The molecule has 0 aliphatic carbocycles. The summed E-state index contributed by atoms with van der Waals surface area (Å²) in [6, 6.07) is 119. The molecule has 0 fully saturated rings. The Morgan fingerprint density at radius 2 is 0.510 bits per heavy atom. The van der Waals surface area contributed by atoms with E-state index in [1.54, 1.807) is 12.4 Å². The Morgan fingerprint density at radius 1 is 0.167 bits per heavy atom. The Bertz CT molecular complexity index is 5470. The van der Waals surface area contributed by atoms with E-state index in [-0.39, 0.29) is 0 Å². The molecule has 0 aliphatic rings. The normalized spacial score (nSPS) is 11.1. The van der Waals surface area contributed by atoms with Gasteiger partial charge in [-0.1, -0.05) is 297 Å². The molecule has 0 atom stereocenters. The molecule has 0 bridgehead atoms. The van der Waals surface area contributed by atoms with E-state index in [1.807, 2.05) is 36.7 Å². The van der Waals surface area contributed by atoms with Crippen LogP contribution in [0.4, 0.5) is 0 Å². The average molecular weight is 1230 g/mol. The first-order chi connectivity index (χ1) is 47.5. The molecule has 6 heteroatoms. The van der Waals surface area contributed by atoms with Crippen LogP contribution in [-0.4, -0.2) is 29.9 Å². The van der Waals surface area contributed by atoms with Gasteiger partial charge in [-0.3, -0.25) is 9.97 Å². The van der Waals surface area contributed by atoms with Crippen molar-refractivity contribution in [1.82, 2.24) is 29.9 Å². The van der Waals surface area contributed by atoms with E-state index in [2.05, 4.69) is 325 Å². The molecule has 13 aromatic carbocycles. The first kappa shape index (κ1) is 58.2. The van der Waals surface area contributed by atoms with Gasteiger partial charge in [0, 0.05) is 63.7 Å². The third kappa shape index (κ3) is 12.4. The number of hydrogen-bond donors (Lipinski definition) is 0. The maximum absolute atomic E-state index is 5.14. The van der Waals surface area contributed by atoms with Gasteiger partial charge in [-0.05, 0) is 136 Å². The predicted octanol–water partition coefficient (Wildman–Crippen LogP) is 23.2. The molecular formula is C90H60N6. The summed E-state index contributed by atoms with van der Waals surface area (Å²) in [7, 11) is 0. The number of aromatic nitrogens is 6. The molecule has 0 amide bonds. The van der Waals surface area contributed by atoms with Crippen LogP contribution in [0.3, 0.4) is 0 Å². The van der Waals surface area contributed by atoms with E-state index >= 15 is 0 Å². The van der Waals surface area contributed by atoms with Crippen LogP contribution in [0.25, 0.3) is 167 Å². The topological polar surface area (TPSA) is 77.3 Å². The summed E-state index contributed by atoms with van der Waals surface area (Å²) < 4.78 is 0. The second-order valence-corrected chi connectivity index (χ2v) is 23.9. The molecule has 0 aliphatic heterocycles. The fourth-order valence-corrected chi connectivity index (χ4v) is 12.7. The van der Waals surface area contributed by atoms with Crippen molar-refractivity contribution in [1.29, 1.82) is 0 Å². The van der Waals surface area contributed by atoms with Crippen molar-refractivity contribution in [3.05, 3.63) is 365 Å². The predicted molar refractivity (Wildman–Crippen MR) is 397 cm³/mol. The first-order valence-corrected chi connectivity index (χ1v) is 32.3. The maximum Gasteiger partial charge on any atom is 0.160 e. The van der Waals surface area contributed by atoms with Crippen LogP contribution in [0, 0.1) is 0 Å². The van der Waals surface area contributed by atoms with E-state index in [0.717, 1.165) is 89.5 Å². The number of pyridine rings is 2. The van der Waals surface area contributed by atoms with Crippen molar-refractivity contribution >= 4 is 32.3 Å². The van der Waals surface area contributed by atoms with Crippen LogP contribution < -0.4 is 0 Å².